The summed E-state index contributed by atoms with van der Waals surface area (Å²) in [6, 6.07) is 5.10. The number of nitrogens with zero attached hydrogens (tertiary/aromatic N) is 2. The highest BCUT2D eigenvalue weighted by molar-refractivity contribution is 5.99. The van der Waals surface area contributed by atoms with Crippen LogP contribution in [0.25, 0.3) is 0 Å². The van der Waals surface area contributed by atoms with Crippen molar-refractivity contribution in [1.82, 2.24) is 9.80 Å². The third-order valence-corrected chi connectivity index (χ3v) is 8.85. The number of β-amino-alcohol motifs (C(OH)–C–C–N with tert-alkyl or cyclic N) is 1. The number of nitrogens with two attached hydrogens (primary N) is 1. The second kappa shape index (κ2) is 10.6. The molecule has 196 valence electrons. The maximum Gasteiger partial charge on any atom is 0.249 e. The SMILES string of the molecule is CCCN1CCC(c2ccc(C(N)=O)c([C@@H](C(=O)N3C[C@@H](O)[C@H]4OCC(=O)[C@H]43)C3CCCC3)c2)CC1. The molecule has 3 heterocycles. The average molecular weight is 498 g/mol. The molecule has 0 spiro atoms. The van der Waals surface area contributed by atoms with Gasteiger partial charge >= 0.3 is 0 Å². The Kier molecular flexibility index (Phi) is 7.47. The Morgan fingerprint density at radius 1 is 1.17 bits per heavy atom. The summed E-state index contributed by atoms with van der Waals surface area (Å²) in [5.74, 6) is -1.01. The van der Waals surface area contributed by atoms with Crippen LogP contribution in [0.15, 0.2) is 18.2 Å². The summed E-state index contributed by atoms with van der Waals surface area (Å²) < 4.78 is 5.51. The van der Waals surface area contributed by atoms with Gasteiger partial charge in [0.15, 0.2) is 5.78 Å². The molecule has 3 aliphatic heterocycles. The Hall–Kier alpha value is -2.29. The van der Waals surface area contributed by atoms with Crippen LogP contribution in [0.5, 0.6) is 0 Å². The molecule has 3 N–H and O–H groups in total. The van der Waals surface area contributed by atoms with Gasteiger partial charge in [-0.25, -0.2) is 0 Å². The summed E-state index contributed by atoms with van der Waals surface area (Å²) in [5.41, 5.74) is 8.06. The number of carbonyl (C=O) groups is 3. The molecule has 0 unspecified atom stereocenters. The molecule has 0 bridgehead atoms. The van der Waals surface area contributed by atoms with Crippen molar-refractivity contribution in [3.63, 3.8) is 0 Å². The molecule has 4 atom stereocenters. The van der Waals surface area contributed by atoms with Crippen molar-refractivity contribution in [2.75, 3.05) is 32.8 Å². The highest BCUT2D eigenvalue weighted by atomic mass is 16.5. The van der Waals surface area contributed by atoms with Crippen molar-refractivity contribution in [2.45, 2.75) is 82.0 Å². The lowest BCUT2D eigenvalue weighted by Crippen LogP contribution is -2.45. The molecule has 4 fully saturated rings. The summed E-state index contributed by atoms with van der Waals surface area (Å²) in [7, 11) is 0. The van der Waals surface area contributed by atoms with Crippen molar-refractivity contribution < 1.29 is 24.2 Å². The maximum absolute atomic E-state index is 14.2. The number of amides is 2. The van der Waals surface area contributed by atoms with E-state index >= 15 is 0 Å². The Labute approximate surface area is 213 Å². The van der Waals surface area contributed by atoms with Crippen LogP contribution in [0, 0.1) is 5.92 Å². The maximum atomic E-state index is 14.2. The van der Waals surface area contributed by atoms with Gasteiger partial charge in [-0.2, -0.15) is 0 Å². The number of hydrogen-bond donors (Lipinski definition) is 2. The topological polar surface area (TPSA) is 113 Å². The number of ether oxygens (including phenoxy) is 1. The van der Waals surface area contributed by atoms with E-state index in [4.69, 9.17) is 10.5 Å². The number of likely N-dealkylation sites (tertiary alicyclic amines) is 2. The zero-order valence-electron chi connectivity index (χ0n) is 21.2. The smallest absolute Gasteiger partial charge is 0.249 e. The predicted molar refractivity (Wildman–Crippen MR) is 135 cm³/mol. The first kappa shape index (κ1) is 25.4. The Bertz CT molecular complexity index is 999. The highest BCUT2D eigenvalue weighted by Crippen LogP contribution is 2.43. The Balaban J connectivity index is 1.49. The van der Waals surface area contributed by atoms with Crippen molar-refractivity contribution in [3.05, 3.63) is 34.9 Å². The summed E-state index contributed by atoms with van der Waals surface area (Å²) in [4.78, 5) is 43.4. The molecular formula is C28H39N3O5. The molecule has 36 heavy (non-hydrogen) atoms. The summed E-state index contributed by atoms with van der Waals surface area (Å²) in [5, 5.41) is 10.5. The minimum Gasteiger partial charge on any atom is -0.388 e. The number of benzene rings is 1. The Morgan fingerprint density at radius 3 is 2.56 bits per heavy atom. The van der Waals surface area contributed by atoms with Crippen molar-refractivity contribution in [2.24, 2.45) is 11.7 Å². The molecule has 4 aliphatic rings. The first-order valence-electron chi connectivity index (χ1n) is 13.7. The monoisotopic (exact) mass is 497 g/mol. The fourth-order valence-corrected chi connectivity index (χ4v) is 7.04. The van der Waals surface area contributed by atoms with Crippen LogP contribution >= 0.6 is 0 Å². The molecule has 3 saturated heterocycles. The lowest BCUT2D eigenvalue weighted by Gasteiger charge is -2.34. The van der Waals surface area contributed by atoms with Gasteiger partial charge in [0.2, 0.25) is 11.8 Å². The first-order valence-corrected chi connectivity index (χ1v) is 13.7. The van der Waals surface area contributed by atoms with Gasteiger partial charge in [0.1, 0.15) is 24.9 Å². The number of rotatable bonds is 7. The summed E-state index contributed by atoms with van der Waals surface area (Å²) in [6.07, 6.45) is 5.54. The third kappa shape index (κ3) is 4.71. The normalized spacial score (nSPS) is 28.6. The lowest BCUT2D eigenvalue weighted by molar-refractivity contribution is -0.139. The zero-order chi connectivity index (χ0) is 25.4. The molecule has 1 saturated carbocycles. The number of carbonyl (C=O) groups excluding carboxylic acids is 3. The van der Waals surface area contributed by atoms with Gasteiger partial charge in [0, 0.05) is 5.56 Å². The molecule has 1 aromatic rings. The molecule has 1 aromatic carbocycles. The fourth-order valence-electron chi connectivity index (χ4n) is 7.04. The van der Waals surface area contributed by atoms with Crippen molar-refractivity contribution >= 4 is 17.6 Å². The quantitative estimate of drug-likeness (QED) is 0.597. The van der Waals surface area contributed by atoms with E-state index in [9.17, 15) is 19.5 Å². The van der Waals surface area contributed by atoms with E-state index in [1.54, 1.807) is 6.07 Å². The third-order valence-electron chi connectivity index (χ3n) is 8.85. The van der Waals surface area contributed by atoms with Gasteiger partial charge in [-0.05, 0) is 80.8 Å². The number of fused-ring (bicyclic) bond motifs is 1. The minimum absolute atomic E-state index is 0.0740. The Morgan fingerprint density at radius 2 is 1.89 bits per heavy atom. The van der Waals surface area contributed by atoms with E-state index in [0.717, 1.165) is 70.1 Å². The first-order chi connectivity index (χ1) is 17.4. The molecule has 8 heteroatoms. The van der Waals surface area contributed by atoms with E-state index in [-0.39, 0.29) is 30.8 Å². The van der Waals surface area contributed by atoms with Gasteiger partial charge in [-0.1, -0.05) is 31.9 Å². The van der Waals surface area contributed by atoms with Crippen molar-refractivity contribution in [1.29, 1.82) is 0 Å². The van der Waals surface area contributed by atoms with Gasteiger partial charge in [0.05, 0.1) is 12.5 Å². The largest absolute Gasteiger partial charge is 0.388 e. The highest BCUT2D eigenvalue weighted by Gasteiger charge is 2.53. The lowest BCUT2D eigenvalue weighted by atomic mass is 9.78. The van der Waals surface area contributed by atoms with E-state index in [2.05, 4.69) is 17.9 Å². The zero-order valence-corrected chi connectivity index (χ0v) is 21.2. The minimum atomic E-state index is -0.884. The van der Waals surface area contributed by atoms with E-state index < -0.39 is 30.1 Å². The number of hydrogen-bond acceptors (Lipinski definition) is 6. The van der Waals surface area contributed by atoms with Crippen LogP contribution in [0.2, 0.25) is 0 Å². The predicted octanol–water partition coefficient (Wildman–Crippen LogP) is 2.19. The van der Waals surface area contributed by atoms with E-state index in [0.29, 0.717) is 17.0 Å². The second-order valence-electron chi connectivity index (χ2n) is 11.1. The molecule has 0 radical (unpaired) electrons. The fraction of sp³-hybridized carbons (Fsp3) is 0.679. The second-order valence-corrected chi connectivity index (χ2v) is 11.1. The number of aliphatic hydroxyl groups is 1. The van der Waals surface area contributed by atoms with Crippen LogP contribution in [0.4, 0.5) is 0 Å². The van der Waals surface area contributed by atoms with Crippen LogP contribution < -0.4 is 5.73 Å². The molecule has 0 aromatic heterocycles. The number of piperidine rings is 1. The molecule has 5 rings (SSSR count). The van der Waals surface area contributed by atoms with Crippen LogP contribution in [0.3, 0.4) is 0 Å². The van der Waals surface area contributed by atoms with Crippen molar-refractivity contribution in [3.8, 4) is 0 Å². The standard InChI is InChI=1S/C28H39N3O5/c1-2-11-30-12-9-17(10-13-30)19-7-8-20(27(29)34)21(14-19)24(18-5-3-4-6-18)28(35)31-15-22(32)26-25(31)23(33)16-36-26/h7-8,14,17-18,22,24-26,32H,2-6,9-13,15-16H2,1H3,(H2,29,34)/t22-,24+,25-,26-/m1/s1. The number of ketones is 1. The van der Waals surface area contributed by atoms with E-state index in [1.165, 1.54) is 4.90 Å². The van der Waals surface area contributed by atoms with Crippen LogP contribution in [0.1, 0.15) is 85.2 Å². The van der Waals surface area contributed by atoms with Gasteiger partial charge in [-0.3, -0.25) is 14.4 Å². The number of aliphatic hydroxyl groups excluding tert-OH is 1. The number of Topliss-reactive ketones (excluding diaryl/α,β-unsaturated/α-hetero) is 1. The van der Waals surface area contributed by atoms with Gasteiger partial charge < -0.3 is 25.4 Å². The number of primary amides is 1. The summed E-state index contributed by atoms with van der Waals surface area (Å²) >= 11 is 0. The van der Waals surface area contributed by atoms with Crippen LogP contribution in [-0.4, -0.2) is 83.5 Å². The molecular weight excluding hydrogens is 458 g/mol. The molecule has 1 aliphatic carbocycles. The van der Waals surface area contributed by atoms with Gasteiger partial charge in [0.25, 0.3) is 0 Å². The average Bonchev–Trinajstić information content (AvgIpc) is 3.60. The molecule has 2 amide bonds. The van der Waals surface area contributed by atoms with E-state index in [1.807, 2.05) is 6.07 Å². The van der Waals surface area contributed by atoms with Crippen LogP contribution in [-0.2, 0) is 14.3 Å². The summed E-state index contributed by atoms with van der Waals surface area (Å²) in [6.45, 7) is 5.41. The molecule has 8 nitrogen and oxygen atoms in total. The van der Waals surface area contributed by atoms with Gasteiger partial charge in [-0.15, -0.1) is 0 Å².